The largest absolute Gasteiger partial charge is 0.496 e. The molecule has 2 unspecified atom stereocenters. The molecule has 6 rings (SSSR count). The molecule has 3 aromatic carbocycles. The summed E-state index contributed by atoms with van der Waals surface area (Å²) in [6, 6.07) is 24.7. The van der Waals surface area contributed by atoms with Gasteiger partial charge in [0.05, 0.1) is 7.11 Å². The van der Waals surface area contributed by atoms with E-state index in [-0.39, 0.29) is 5.92 Å². The summed E-state index contributed by atoms with van der Waals surface area (Å²) in [6.07, 6.45) is 2.88. The number of methoxy groups -OCH3 is 1. The summed E-state index contributed by atoms with van der Waals surface area (Å²) in [5.41, 5.74) is 4.41. The van der Waals surface area contributed by atoms with Gasteiger partial charge in [0.1, 0.15) is 11.3 Å². The predicted octanol–water partition coefficient (Wildman–Crippen LogP) is 5.69. The third-order valence-corrected chi connectivity index (χ3v) is 7.90. The molecule has 5 nitrogen and oxygen atoms in total. The van der Waals surface area contributed by atoms with Crippen molar-refractivity contribution < 1.29 is 14.6 Å². The van der Waals surface area contributed by atoms with Gasteiger partial charge in [-0.15, -0.1) is 0 Å². The van der Waals surface area contributed by atoms with E-state index >= 15 is 0 Å². The van der Waals surface area contributed by atoms with E-state index in [0.29, 0.717) is 18.9 Å². The number of hydrogen-bond donors (Lipinski definition) is 2. The molecule has 3 fully saturated rings. The highest BCUT2D eigenvalue weighted by atomic mass is 16.5. The second kappa shape index (κ2) is 9.74. The number of fused-ring (bicyclic) bond motifs is 3. The van der Waals surface area contributed by atoms with Crippen molar-refractivity contribution in [2.45, 2.75) is 44.2 Å². The number of aryl methyl sites for hydroxylation is 1. The quantitative estimate of drug-likeness (QED) is 0.443. The first kappa shape index (κ1) is 23.4. The van der Waals surface area contributed by atoms with Crippen LogP contribution in [-0.4, -0.2) is 41.7 Å². The van der Waals surface area contributed by atoms with Crippen LogP contribution in [-0.2, 0) is 11.3 Å². The van der Waals surface area contributed by atoms with Gasteiger partial charge in [0, 0.05) is 23.7 Å². The Morgan fingerprint density at radius 2 is 1.80 bits per heavy atom. The average molecular weight is 471 g/mol. The number of aliphatic carboxylic acids is 1. The number of nitrogens with one attached hydrogen (secondary N) is 1. The number of benzene rings is 3. The van der Waals surface area contributed by atoms with E-state index in [2.05, 4.69) is 53.5 Å². The van der Waals surface area contributed by atoms with E-state index < -0.39 is 11.5 Å². The SMILES string of the molecule is COc1ccc(C)cc1CNc1cccc(C(c2ccccc2)C2(C(=O)O)CC3CCN2CC3)c1. The number of carbonyl (C=O) groups is 1. The first-order valence-corrected chi connectivity index (χ1v) is 12.5. The van der Waals surface area contributed by atoms with Crippen molar-refractivity contribution in [2.24, 2.45) is 5.92 Å². The van der Waals surface area contributed by atoms with Crippen LogP contribution < -0.4 is 10.1 Å². The molecule has 0 spiro atoms. The standard InChI is InChI=1S/C30H34N2O3/c1-21-11-12-27(35-2)25(17-21)20-31-26-10-6-9-24(18-26)28(23-7-4-3-5-8-23)30(29(33)34)19-22-13-15-32(30)16-14-22/h3-12,17-18,22,28,31H,13-16,19-20H2,1-2H3,(H,33,34). The lowest BCUT2D eigenvalue weighted by Crippen LogP contribution is -2.65. The first-order chi connectivity index (χ1) is 17.0. The fourth-order valence-corrected chi connectivity index (χ4v) is 6.21. The van der Waals surface area contributed by atoms with Crippen LogP contribution in [0.1, 0.15) is 47.4 Å². The molecule has 0 saturated carbocycles. The minimum atomic E-state index is -0.930. The van der Waals surface area contributed by atoms with E-state index in [1.807, 2.05) is 36.4 Å². The minimum Gasteiger partial charge on any atom is -0.496 e. The van der Waals surface area contributed by atoms with Gasteiger partial charge in [0.25, 0.3) is 0 Å². The van der Waals surface area contributed by atoms with E-state index in [1.165, 1.54) is 5.56 Å². The zero-order chi connectivity index (χ0) is 24.4. The van der Waals surface area contributed by atoms with Gasteiger partial charge in [-0.1, -0.05) is 60.2 Å². The normalized spacial score (nSPS) is 24.1. The van der Waals surface area contributed by atoms with E-state index in [1.54, 1.807) is 7.11 Å². The lowest BCUT2D eigenvalue weighted by molar-refractivity contribution is -0.162. The second-order valence-electron chi connectivity index (χ2n) is 10.0. The third-order valence-electron chi connectivity index (χ3n) is 7.90. The van der Waals surface area contributed by atoms with Crippen LogP contribution in [0.25, 0.3) is 0 Å². The molecule has 182 valence electrons. The van der Waals surface area contributed by atoms with Crippen molar-refractivity contribution in [3.63, 3.8) is 0 Å². The van der Waals surface area contributed by atoms with Gasteiger partial charge in [-0.05, 0) is 74.5 Å². The monoisotopic (exact) mass is 470 g/mol. The molecule has 3 saturated heterocycles. The molecule has 0 aliphatic carbocycles. The number of piperidine rings is 3. The molecule has 0 aromatic heterocycles. The van der Waals surface area contributed by atoms with Crippen LogP contribution in [0.3, 0.4) is 0 Å². The lowest BCUT2D eigenvalue weighted by Gasteiger charge is -2.55. The Morgan fingerprint density at radius 1 is 1.06 bits per heavy atom. The Kier molecular flexibility index (Phi) is 6.52. The second-order valence-corrected chi connectivity index (χ2v) is 10.0. The summed E-state index contributed by atoms with van der Waals surface area (Å²) in [4.78, 5) is 15.3. The Balaban J connectivity index is 1.52. The molecule has 2 N–H and O–H groups in total. The van der Waals surface area contributed by atoms with Gasteiger partial charge in [0.2, 0.25) is 0 Å². The maximum atomic E-state index is 13.1. The molecule has 5 heteroatoms. The zero-order valence-corrected chi connectivity index (χ0v) is 20.5. The summed E-state index contributed by atoms with van der Waals surface area (Å²) in [6.45, 7) is 4.41. The number of anilines is 1. The molecule has 3 heterocycles. The molecular formula is C30H34N2O3. The topological polar surface area (TPSA) is 61.8 Å². The maximum Gasteiger partial charge on any atom is 0.325 e. The molecule has 3 aromatic rings. The van der Waals surface area contributed by atoms with Crippen molar-refractivity contribution in [1.29, 1.82) is 0 Å². The highest BCUT2D eigenvalue weighted by Gasteiger charge is 2.56. The smallest absolute Gasteiger partial charge is 0.325 e. The highest BCUT2D eigenvalue weighted by molar-refractivity contribution is 5.82. The Bertz CT molecular complexity index is 1190. The van der Waals surface area contributed by atoms with Gasteiger partial charge in [-0.3, -0.25) is 9.69 Å². The zero-order valence-electron chi connectivity index (χ0n) is 20.5. The molecule has 0 radical (unpaired) electrons. The molecule has 0 amide bonds. The van der Waals surface area contributed by atoms with Gasteiger partial charge in [-0.25, -0.2) is 0 Å². The van der Waals surface area contributed by atoms with Crippen LogP contribution in [0.4, 0.5) is 5.69 Å². The lowest BCUT2D eigenvalue weighted by atomic mass is 9.64. The fraction of sp³-hybridized carbons (Fsp3) is 0.367. The Morgan fingerprint density at radius 3 is 2.46 bits per heavy atom. The van der Waals surface area contributed by atoms with Gasteiger partial charge < -0.3 is 15.2 Å². The molecule has 35 heavy (non-hydrogen) atoms. The molecule has 3 aliphatic heterocycles. The maximum absolute atomic E-state index is 13.1. The number of carboxylic acids is 1. The van der Waals surface area contributed by atoms with Gasteiger partial charge in [0.15, 0.2) is 0 Å². The first-order valence-electron chi connectivity index (χ1n) is 12.5. The number of carboxylic acid groups (broad SMARTS) is 1. The van der Waals surface area contributed by atoms with E-state index in [4.69, 9.17) is 4.74 Å². The number of nitrogens with zero attached hydrogens (tertiary/aromatic N) is 1. The summed E-state index contributed by atoms with van der Waals surface area (Å²) < 4.78 is 5.54. The van der Waals surface area contributed by atoms with Crippen molar-refractivity contribution >= 4 is 11.7 Å². The molecule has 2 bridgehead atoms. The average Bonchev–Trinajstić information content (AvgIpc) is 2.89. The van der Waals surface area contributed by atoms with Crippen molar-refractivity contribution in [1.82, 2.24) is 4.90 Å². The van der Waals surface area contributed by atoms with Crippen molar-refractivity contribution in [3.05, 3.63) is 95.1 Å². The minimum absolute atomic E-state index is 0.250. The number of hydrogen-bond acceptors (Lipinski definition) is 4. The summed E-state index contributed by atoms with van der Waals surface area (Å²) in [7, 11) is 1.69. The van der Waals surface area contributed by atoms with Crippen LogP contribution in [0, 0.1) is 12.8 Å². The van der Waals surface area contributed by atoms with Crippen LogP contribution in [0.5, 0.6) is 5.75 Å². The summed E-state index contributed by atoms with van der Waals surface area (Å²) in [5.74, 6) is 0.368. The summed E-state index contributed by atoms with van der Waals surface area (Å²) in [5, 5.41) is 14.3. The summed E-state index contributed by atoms with van der Waals surface area (Å²) >= 11 is 0. The van der Waals surface area contributed by atoms with E-state index in [9.17, 15) is 9.90 Å². The van der Waals surface area contributed by atoms with Crippen LogP contribution in [0.15, 0.2) is 72.8 Å². The van der Waals surface area contributed by atoms with Gasteiger partial charge >= 0.3 is 5.97 Å². The Labute approximate surface area is 207 Å². The molecule has 3 aliphatic rings. The molecular weight excluding hydrogens is 436 g/mol. The van der Waals surface area contributed by atoms with Gasteiger partial charge in [-0.2, -0.15) is 0 Å². The third kappa shape index (κ3) is 4.41. The molecule has 2 atom stereocenters. The van der Waals surface area contributed by atoms with Crippen LogP contribution >= 0.6 is 0 Å². The highest BCUT2D eigenvalue weighted by Crippen LogP contribution is 2.50. The fourth-order valence-electron chi connectivity index (χ4n) is 6.21. The Hall–Kier alpha value is -3.31. The van der Waals surface area contributed by atoms with Crippen molar-refractivity contribution in [3.8, 4) is 5.75 Å². The van der Waals surface area contributed by atoms with Crippen molar-refractivity contribution in [2.75, 3.05) is 25.5 Å². The van der Waals surface area contributed by atoms with E-state index in [0.717, 1.165) is 54.1 Å². The van der Waals surface area contributed by atoms with Crippen LogP contribution in [0.2, 0.25) is 0 Å². The number of ether oxygens (including phenoxy) is 1. The number of rotatable bonds is 8. The predicted molar refractivity (Wildman–Crippen MR) is 139 cm³/mol.